The van der Waals surface area contributed by atoms with E-state index in [1.807, 2.05) is 6.92 Å². The fraction of sp³-hybridized carbons (Fsp3) is 0.933. The van der Waals surface area contributed by atoms with Gasteiger partial charge < -0.3 is 20.5 Å². The fourth-order valence-electron chi connectivity index (χ4n) is 2.81. The van der Waals surface area contributed by atoms with Crippen molar-refractivity contribution in [2.75, 3.05) is 39.5 Å². The number of aliphatic hydroxyl groups excluding tert-OH is 1. The normalized spacial score (nSPS) is 17.4. The summed E-state index contributed by atoms with van der Waals surface area (Å²) < 4.78 is 5.53. The molecule has 0 heterocycles. The summed E-state index contributed by atoms with van der Waals surface area (Å²) in [6, 6.07) is 0. The summed E-state index contributed by atoms with van der Waals surface area (Å²) in [5, 5.41) is 15.3. The zero-order chi connectivity index (χ0) is 14.7. The van der Waals surface area contributed by atoms with Crippen LogP contribution in [0.15, 0.2) is 4.99 Å². The van der Waals surface area contributed by atoms with Crippen LogP contribution < -0.4 is 10.6 Å². The number of rotatable bonds is 9. The number of nitrogens with one attached hydrogen (secondary N) is 2. The summed E-state index contributed by atoms with van der Waals surface area (Å²) in [7, 11) is 0. The number of nitrogens with zero attached hydrogens (tertiary/aromatic N) is 1. The maximum atomic E-state index is 8.90. The molecule has 0 spiro atoms. The van der Waals surface area contributed by atoms with Crippen LogP contribution in [0.3, 0.4) is 0 Å². The van der Waals surface area contributed by atoms with E-state index in [9.17, 15) is 0 Å². The molecule has 1 aliphatic carbocycles. The maximum absolute atomic E-state index is 8.90. The van der Waals surface area contributed by atoms with E-state index in [4.69, 9.17) is 14.8 Å². The molecule has 1 aliphatic rings. The molecule has 1 saturated carbocycles. The second-order valence-electron chi connectivity index (χ2n) is 5.50. The van der Waals surface area contributed by atoms with Gasteiger partial charge in [-0.3, -0.25) is 4.99 Å². The van der Waals surface area contributed by atoms with E-state index in [1.165, 1.54) is 25.7 Å². The van der Waals surface area contributed by atoms with Crippen LogP contribution in [0, 0.1) is 5.41 Å². The Labute approximate surface area is 146 Å². The molecule has 21 heavy (non-hydrogen) atoms. The van der Waals surface area contributed by atoms with Crippen LogP contribution in [0.4, 0.5) is 0 Å². The summed E-state index contributed by atoms with van der Waals surface area (Å²) >= 11 is 0. The monoisotopic (exact) mass is 413 g/mol. The summed E-state index contributed by atoms with van der Waals surface area (Å²) in [6.07, 6.45) is 6.22. The molecule has 6 heteroatoms. The fourth-order valence-corrected chi connectivity index (χ4v) is 2.81. The highest BCUT2D eigenvalue weighted by molar-refractivity contribution is 14.0. The van der Waals surface area contributed by atoms with Crippen molar-refractivity contribution < 1.29 is 9.84 Å². The Morgan fingerprint density at radius 2 is 1.95 bits per heavy atom. The Morgan fingerprint density at radius 3 is 2.52 bits per heavy atom. The van der Waals surface area contributed by atoms with Gasteiger partial charge in [0.15, 0.2) is 5.96 Å². The van der Waals surface area contributed by atoms with Crippen molar-refractivity contribution in [2.45, 2.75) is 46.0 Å². The van der Waals surface area contributed by atoms with Crippen molar-refractivity contribution in [1.82, 2.24) is 10.6 Å². The minimum absolute atomic E-state index is 0. The first-order valence-corrected chi connectivity index (χ1v) is 7.97. The lowest BCUT2D eigenvalue weighted by molar-refractivity contribution is 0.107. The van der Waals surface area contributed by atoms with E-state index in [-0.39, 0.29) is 30.6 Å². The van der Waals surface area contributed by atoms with E-state index in [1.54, 1.807) is 0 Å². The standard InChI is InChI=1S/C15H31N3O2.HI/c1-3-16-14(17-10-11-19)18-13-15(7-5-6-8-15)9-12-20-4-2;/h19H,3-13H2,1-2H3,(H2,16,17,18);1H. The van der Waals surface area contributed by atoms with Crippen LogP contribution in [-0.4, -0.2) is 50.5 Å². The van der Waals surface area contributed by atoms with Crippen LogP contribution in [0.1, 0.15) is 46.0 Å². The third kappa shape index (κ3) is 8.21. The van der Waals surface area contributed by atoms with Gasteiger partial charge in [0.2, 0.25) is 0 Å². The van der Waals surface area contributed by atoms with Crippen molar-refractivity contribution >= 4 is 29.9 Å². The number of hydrogen-bond donors (Lipinski definition) is 3. The molecule has 1 fully saturated rings. The van der Waals surface area contributed by atoms with Gasteiger partial charge in [-0.1, -0.05) is 12.8 Å². The lowest BCUT2D eigenvalue weighted by atomic mass is 9.83. The summed E-state index contributed by atoms with van der Waals surface area (Å²) in [5.41, 5.74) is 0.316. The smallest absolute Gasteiger partial charge is 0.191 e. The average Bonchev–Trinajstić information content (AvgIpc) is 2.91. The van der Waals surface area contributed by atoms with Crippen molar-refractivity contribution in [2.24, 2.45) is 10.4 Å². The zero-order valence-electron chi connectivity index (χ0n) is 13.5. The summed E-state index contributed by atoms with van der Waals surface area (Å²) in [6.45, 7) is 8.08. The lowest BCUT2D eigenvalue weighted by Crippen LogP contribution is -2.39. The molecule has 126 valence electrons. The summed E-state index contributed by atoms with van der Waals surface area (Å²) in [5.74, 6) is 0.809. The molecule has 5 nitrogen and oxygen atoms in total. The number of ether oxygens (including phenoxy) is 1. The molecule has 1 rings (SSSR count). The average molecular weight is 413 g/mol. The van der Waals surface area contributed by atoms with Gasteiger partial charge in [0, 0.05) is 32.8 Å². The second-order valence-corrected chi connectivity index (χ2v) is 5.50. The SMILES string of the molecule is CCNC(=NCC1(CCOCC)CCCC1)NCCO.I. The Hall–Kier alpha value is -0.0800. The topological polar surface area (TPSA) is 65.9 Å². The van der Waals surface area contributed by atoms with Gasteiger partial charge in [-0.2, -0.15) is 0 Å². The molecule has 0 amide bonds. The third-order valence-electron chi connectivity index (χ3n) is 3.97. The highest BCUT2D eigenvalue weighted by Crippen LogP contribution is 2.41. The number of aliphatic imine (C=N–C) groups is 1. The van der Waals surface area contributed by atoms with Crippen LogP contribution >= 0.6 is 24.0 Å². The van der Waals surface area contributed by atoms with Crippen molar-refractivity contribution in [3.8, 4) is 0 Å². The van der Waals surface area contributed by atoms with Crippen LogP contribution in [0.25, 0.3) is 0 Å². The predicted octanol–water partition coefficient (Wildman–Crippen LogP) is 2.14. The van der Waals surface area contributed by atoms with Gasteiger partial charge in [-0.05, 0) is 38.5 Å². The number of halogens is 1. The molecule has 0 bridgehead atoms. The Bertz CT molecular complexity index is 282. The zero-order valence-corrected chi connectivity index (χ0v) is 15.8. The predicted molar refractivity (Wildman–Crippen MR) is 98.5 cm³/mol. The van der Waals surface area contributed by atoms with E-state index in [0.717, 1.165) is 38.7 Å². The minimum atomic E-state index is 0. The van der Waals surface area contributed by atoms with Gasteiger partial charge in [0.05, 0.1) is 6.61 Å². The Kier molecular flexibility index (Phi) is 12.4. The maximum Gasteiger partial charge on any atom is 0.191 e. The van der Waals surface area contributed by atoms with Gasteiger partial charge in [-0.15, -0.1) is 24.0 Å². The molecule has 0 aromatic rings. The van der Waals surface area contributed by atoms with Gasteiger partial charge in [0.25, 0.3) is 0 Å². The van der Waals surface area contributed by atoms with Crippen LogP contribution in [0.5, 0.6) is 0 Å². The summed E-state index contributed by atoms with van der Waals surface area (Å²) in [4.78, 5) is 4.71. The first-order chi connectivity index (χ1) is 9.76. The number of hydrogen-bond acceptors (Lipinski definition) is 3. The first-order valence-electron chi connectivity index (χ1n) is 7.97. The molecular weight excluding hydrogens is 381 g/mol. The molecule has 0 atom stereocenters. The van der Waals surface area contributed by atoms with Gasteiger partial charge >= 0.3 is 0 Å². The van der Waals surface area contributed by atoms with Gasteiger partial charge in [-0.25, -0.2) is 0 Å². The van der Waals surface area contributed by atoms with E-state index in [2.05, 4.69) is 17.6 Å². The van der Waals surface area contributed by atoms with Crippen LogP contribution in [-0.2, 0) is 4.74 Å². The third-order valence-corrected chi connectivity index (χ3v) is 3.97. The second kappa shape index (κ2) is 12.5. The van der Waals surface area contributed by atoms with E-state index in [0.29, 0.717) is 12.0 Å². The molecule has 0 radical (unpaired) electrons. The molecule has 0 aromatic heterocycles. The Balaban J connectivity index is 0.00000400. The van der Waals surface area contributed by atoms with Crippen molar-refractivity contribution in [3.63, 3.8) is 0 Å². The number of guanidine groups is 1. The van der Waals surface area contributed by atoms with Crippen LogP contribution in [0.2, 0.25) is 0 Å². The molecule has 0 aromatic carbocycles. The molecule has 0 unspecified atom stereocenters. The largest absolute Gasteiger partial charge is 0.395 e. The van der Waals surface area contributed by atoms with Gasteiger partial charge in [0.1, 0.15) is 0 Å². The molecule has 3 N–H and O–H groups in total. The van der Waals surface area contributed by atoms with E-state index < -0.39 is 0 Å². The molecule has 0 aliphatic heterocycles. The number of aliphatic hydroxyl groups is 1. The minimum Gasteiger partial charge on any atom is -0.395 e. The van der Waals surface area contributed by atoms with Crippen molar-refractivity contribution in [3.05, 3.63) is 0 Å². The quantitative estimate of drug-likeness (QED) is 0.235. The highest BCUT2D eigenvalue weighted by Gasteiger charge is 2.33. The molecular formula is C15H32IN3O2. The molecule has 0 saturated heterocycles. The Morgan fingerprint density at radius 1 is 1.24 bits per heavy atom. The lowest BCUT2D eigenvalue weighted by Gasteiger charge is -2.27. The van der Waals surface area contributed by atoms with Crippen molar-refractivity contribution in [1.29, 1.82) is 0 Å². The highest BCUT2D eigenvalue weighted by atomic mass is 127. The first kappa shape index (κ1) is 20.9. The van der Waals surface area contributed by atoms with E-state index >= 15 is 0 Å².